The summed E-state index contributed by atoms with van der Waals surface area (Å²) in [5.74, 6) is -0.307. The molecule has 100 valence electrons. The number of carbonyl (C=O) groups is 2. The molecule has 0 atom stereocenters. The maximum Gasteiger partial charge on any atom is 0.248 e. The zero-order valence-electron chi connectivity index (χ0n) is 11.4. The first kappa shape index (κ1) is 14.7. The minimum atomic E-state index is -0.190. The molecule has 0 unspecified atom stereocenters. The van der Waals surface area contributed by atoms with Crippen molar-refractivity contribution < 1.29 is 9.59 Å². The van der Waals surface area contributed by atoms with Crippen molar-refractivity contribution in [2.45, 2.75) is 20.8 Å². The lowest BCUT2D eigenvalue weighted by Gasteiger charge is -2.09. The molecule has 19 heavy (non-hydrogen) atoms. The topological polar surface area (TPSA) is 58.2 Å². The predicted octanol–water partition coefficient (Wildman–Crippen LogP) is 3.02. The second-order valence-corrected chi connectivity index (χ2v) is 4.09. The normalized spacial score (nSPS) is 10.9. The number of nitrogens with one attached hydrogen (secondary N) is 2. The molecule has 0 saturated carbocycles. The highest BCUT2D eigenvalue weighted by molar-refractivity contribution is 5.99. The number of hydrogen-bond donors (Lipinski definition) is 2. The second-order valence-electron chi connectivity index (χ2n) is 4.09. The number of allylic oxidation sites excluding steroid dienone is 3. The van der Waals surface area contributed by atoms with E-state index in [2.05, 4.69) is 10.6 Å². The monoisotopic (exact) mass is 258 g/mol. The Hall–Kier alpha value is -2.36. The molecule has 0 aromatic heterocycles. The van der Waals surface area contributed by atoms with Gasteiger partial charge in [-0.1, -0.05) is 18.2 Å². The largest absolute Gasteiger partial charge is 0.326 e. The third-order valence-electron chi connectivity index (χ3n) is 2.36. The van der Waals surface area contributed by atoms with Crippen molar-refractivity contribution in [3.63, 3.8) is 0 Å². The molecule has 4 heteroatoms. The highest BCUT2D eigenvalue weighted by Gasteiger charge is 2.03. The van der Waals surface area contributed by atoms with Crippen LogP contribution in [0.1, 0.15) is 19.4 Å². The van der Waals surface area contributed by atoms with Crippen LogP contribution in [0.2, 0.25) is 0 Å². The summed E-state index contributed by atoms with van der Waals surface area (Å²) in [6.07, 6.45) is 6.76. The van der Waals surface area contributed by atoms with Crippen molar-refractivity contribution in [2.75, 3.05) is 10.6 Å². The van der Waals surface area contributed by atoms with Crippen molar-refractivity contribution >= 4 is 23.2 Å². The Balaban J connectivity index is 2.73. The summed E-state index contributed by atoms with van der Waals surface area (Å²) in [6, 6.07) is 5.33. The molecule has 4 nitrogen and oxygen atoms in total. The maximum atomic E-state index is 11.6. The van der Waals surface area contributed by atoms with Gasteiger partial charge >= 0.3 is 0 Å². The molecular formula is C15H18N2O2. The summed E-state index contributed by atoms with van der Waals surface area (Å²) in [6.45, 7) is 5.21. The van der Waals surface area contributed by atoms with Crippen LogP contribution in [-0.2, 0) is 9.59 Å². The summed E-state index contributed by atoms with van der Waals surface area (Å²) < 4.78 is 0. The lowest BCUT2D eigenvalue weighted by Crippen LogP contribution is -2.10. The van der Waals surface area contributed by atoms with Crippen LogP contribution in [0.3, 0.4) is 0 Å². The highest BCUT2D eigenvalue weighted by Crippen LogP contribution is 2.19. The van der Waals surface area contributed by atoms with Crippen molar-refractivity contribution in [1.82, 2.24) is 0 Å². The number of aryl methyl sites for hydroxylation is 1. The average molecular weight is 258 g/mol. The fourth-order valence-electron chi connectivity index (χ4n) is 1.51. The van der Waals surface area contributed by atoms with E-state index >= 15 is 0 Å². The third kappa shape index (κ3) is 5.21. The van der Waals surface area contributed by atoms with E-state index in [-0.39, 0.29) is 11.8 Å². The van der Waals surface area contributed by atoms with Crippen molar-refractivity contribution in [3.05, 3.63) is 48.1 Å². The van der Waals surface area contributed by atoms with Gasteiger partial charge in [0.05, 0.1) is 0 Å². The van der Waals surface area contributed by atoms with Crippen molar-refractivity contribution in [1.29, 1.82) is 0 Å². The van der Waals surface area contributed by atoms with Gasteiger partial charge < -0.3 is 10.6 Å². The van der Waals surface area contributed by atoms with Crippen LogP contribution in [0.5, 0.6) is 0 Å². The van der Waals surface area contributed by atoms with Gasteiger partial charge in [-0.2, -0.15) is 0 Å². The molecule has 0 bridgehead atoms. The van der Waals surface area contributed by atoms with Crippen molar-refractivity contribution in [3.8, 4) is 0 Å². The first-order valence-electron chi connectivity index (χ1n) is 6.01. The molecule has 0 heterocycles. The van der Waals surface area contributed by atoms with Gasteiger partial charge in [0, 0.05) is 24.4 Å². The van der Waals surface area contributed by atoms with Gasteiger partial charge in [-0.15, -0.1) is 0 Å². The number of hydrogen-bond acceptors (Lipinski definition) is 2. The standard InChI is InChI=1S/C15H18N2O2/c1-4-5-6-7-15(19)17-13-8-9-14(11(2)10-13)16-12(3)18/h4-10H,1-3H3,(H,16,18)(H,17,19). The van der Waals surface area contributed by atoms with E-state index in [1.165, 1.54) is 13.0 Å². The van der Waals surface area contributed by atoms with Gasteiger partial charge in [-0.25, -0.2) is 0 Å². The van der Waals surface area contributed by atoms with Gasteiger partial charge in [0.15, 0.2) is 0 Å². The quantitative estimate of drug-likeness (QED) is 0.644. The van der Waals surface area contributed by atoms with Gasteiger partial charge in [-0.3, -0.25) is 9.59 Å². The van der Waals surface area contributed by atoms with Gasteiger partial charge in [0.2, 0.25) is 11.8 Å². The Morgan fingerprint density at radius 3 is 2.47 bits per heavy atom. The predicted molar refractivity (Wildman–Crippen MR) is 78.1 cm³/mol. The zero-order chi connectivity index (χ0) is 14.3. The van der Waals surface area contributed by atoms with Crippen molar-refractivity contribution in [2.24, 2.45) is 0 Å². The van der Waals surface area contributed by atoms with Crippen LogP contribution < -0.4 is 10.6 Å². The van der Waals surface area contributed by atoms with Gasteiger partial charge in [-0.05, 0) is 37.6 Å². The third-order valence-corrected chi connectivity index (χ3v) is 2.36. The maximum absolute atomic E-state index is 11.6. The van der Waals surface area contributed by atoms with Crippen LogP contribution in [0.15, 0.2) is 42.5 Å². The first-order chi connectivity index (χ1) is 9.02. The number of anilines is 2. The van der Waals surface area contributed by atoms with Gasteiger partial charge in [0.1, 0.15) is 0 Å². The molecule has 1 aromatic carbocycles. The Bertz CT molecular complexity index is 531. The molecule has 0 fully saturated rings. The van der Waals surface area contributed by atoms with E-state index in [9.17, 15) is 9.59 Å². The lowest BCUT2D eigenvalue weighted by atomic mass is 10.1. The Morgan fingerprint density at radius 2 is 1.89 bits per heavy atom. The summed E-state index contributed by atoms with van der Waals surface area (Å²) in [5, 5.41) is 5.47. The molecule has 1 aromatic rings. The van der Waals surface area contributed by atoms with E-state index in [0.29, 0.717) is 5.69 Å². The van der Waals surface area contributed by atoms with Crippen LogP contribution in [0, 0.1) is 6.92 Å². The molecule has 2 amide bonds. The molecule has 0 spiro atoms. The van der Waals surface area contributed by atoms with E-state index in [1.807, 2.05) is 26.0 Å². The SMILES string of the molecule is CC=CC=CC(=O)Nc1ccc(NC(C)=O)c(C)c1. The number of amides is 2. The molecule has 0 aliphatic heterocycles. The molecule has 0 saturated heterocycles. The molecular weight excluding hydrogens is 240 g/mol. The number of carbonyl (C=O) groups excluding carboxylic acids is 2. The van der Waals surface area contributed by atoms with Crippen LogP contribution in [0.25, 0.3) is 0 Å². The van der Waals surface area contributed by atoms with Crippen LogP contribution in [0.4, 0.5) is 11.4 Å². The molecule has 1 rings (SSSR count). The Kier molecular flexibility index (Phi) is 5.54. The molecule has 2 N–H and O–H groups in total. The summed E-state index contributed by atoms with van der Waals surface area (Å²) in [5.41, 5.74) is 2.34. The fourth-order valence-corrected chi connectivity index (χ4v) is 1.51. The minimum absolute atomic E-state index is 0.117. The average Bonchev–Trinajstić information content (AvgIpc) is 2.32. The number of rotatable bonds is 4. The summed E-state index contributed by atoms with van der Waals surface area (Å²) in [4.78, 5) is 22.5. The number of benzene rings is 1. The molecule has 0 aliphatic rings. The van der Waals surface area contributed by atoms with E-state index in [1.54, 1.807) is 24.3 Å². The zero-order valence-corrected chi connectivity index (χ0v) is 11.4. The smallest absolute Gasteiger partial charge is 0.248 e. The van der Waals surface area contributed by atoms with E-state index < -0.39 is 0 Å². The first-order valence-corrected chi connectivity index (χ1v) is 6.01. The minimum Gasteiger partial charge on any atom is -0.326 e. The van der Waals surface area contributed by atoms with Gasteiger partial charge in [0.25, 0.3) is 0 Å². The Labute approximate surface area is 113 Å². The lowest BCUT2D eigenvalue weighted by molar-refractivity contribution is -0.114. The summed E-state index contributed by atoms with van der Waals surface area (Å²) in [7, 11) is 0. The summed E-state index contributed by atoms with van der Waals surface area (Å²) >= 11 is 0. The fraction of sp³-hybridized carbons (Fsp3) is 0.200. The highest BCUT2D eigenvalue weighted by atomic mass is 16.2. The second kappa shape index (κ2) is 7.16. The Morgan fingerprint density at radius 1 is 1.16 bits per heavy atom. The van der Waals surface area contributed by atoms with Crippen LogP contribution >= 0.6 is 0 Å². The van der Waals surface area contributed by atoms with E-state index in [0.717, 1.165) is 11.3 Å². The van der Waals surface area contributed by atoms with E-state index in [4.69, 9.17) is 0 Å². The molecule has 0 aliphatic carbocycles. The molecule has 0 radical (unpaired) electrons. The van der Waals surface area contributed by atoms with Crippen LogP contribution in [-0.4, -0.2) is 11.8 Å².